The first-order valence-electron chi connectivity index (χ1n) is 4.07. The minimum atomic E-state index is 0.144. The molecule has 0 aromatic carbocycles. The van der Waals surface area contributed by atoms with E-state index in [2.05, 4.69) is 18.7 Å². The Morgan fingerprint density at radius 2 is 2.36 bits per heavy atom. The Morgan fingerprint density at radius 1 is 1.64 bits per heavy atom. The van der Waals surface area contributed by atoms with Crippen LogP contribution in [0.3, 0.4) is 0 Å². The van der Waals surface area contributed by atoms with Crippen molar-refractivity contribution >= 4 is 5.78 Å². The van der Waals surface area contributed by atoms with E-state index < -0.39 is 0 Å². The zero-order chi connectivity index (χ0) is 8.01. The smallest absolute Gasteiger partial charge is 0.137 e. The van der Waals surface area contributed by atoms with E-state index in [-0.39, 0.29) is 11.7 Å². The van der Waals surface area contributed by atoms with E-state index >= 15 is 0 Å². The van der Waals surface area contributed by atoms with Gasteiger partial charge in [0, 0.05) is 5.92 Å². The molecule has 0 aliphatic heterocycles. The molecule has 0 radical (unpaired) electrons. The number of ketones is 1. The number of Topliss-reactive ketones (excluding diaryl/α,β-unsaturated/α-hetero) is 1. The largest absolute Gasteiger partial charge is 0.299 e. The molecule has 2 aliphatic rings. The second-order valence-corrected chi connectivity index (χ2v) is 3.55. The maximum Gasteiger partial charge on any atom is 0.137 e. The van der Waals surface area contributed by atoms with Crippen LogP contribution in [0.5, 0.6) is 0 Å². The fraction of sp³-hybridized carbons (Fsp3) is 0.500. The molecule has 3 atom stereocenters. The molecule has 0 spiro atoms. The zero-order valence-corrected chi connectivity index (χ0v) is 6.71. The molecule has 1 heteroatoms. The minimum absolute atomic E-state index is 0.144. The third-order valence-corrected chi connectivity index (χ3v) is 2.86. The molecule has 1 saturated carbocycles. The molecular weight excluding hydrogens is 136 g/mol. The van der Waals surface area contributed by atoms with E-state index in [1.165, 1.54) is 0 Å². The summed E-state index contributed by atoms with van der Waals surface area (Å²) in [5.74, 6) is 1.41. The normalized spacial score (nSPS) is 40.1. The van der Waals surface area contributed by atoms with E-state index in [9.17, 15) is 4.79 Å². The summed E-state index contributed by atoms with van der Waals surface area (Å²) >= 11 is 0. The van der Waals surface area contributed by atoms with Crippen LogP contribution in [0.4, 0.5) is 0 Å². The molecule has 0 unspecified atom stereocenters. The zero-order valence-electron chi connectivity index (χ0n) is 6.71. The monoisotopic (exact) mass is 148 g/mol. The van der Waals surface area contributed by atoms with Gasteiger partial charge in [-0.25, -0.2) is 0 Å². The van der Waals surface area contributed by atoms with Crippen LogP contribution >= 0.6 is 0 Å². The highest BCUT2D eigenvalue weighted by Gasteiger charge is 2.40. The molecule has 0 heterocycles. The molecule has 0 N–H and O–H groups in total. The lowest BCUT2D eigenvalue weighted by molar-refractivity contribution is -0.120. The Kier molecular flexibility index (Phi) is 1.28. The Balaban J connectivity index is 2.32. The van der Waals surface area contributed by atoms with Gasteiger partial charge in [0.1, 0.15) is 5.78 Å². The maximum atomic E-state index is 11.2. The van der Waals surface area contributed by atoms with Crippen LogP contribution < -0.4 is 0 Å². The molecule has 2 rings (SSSR count). The number of hydrogen-bond donors (Lipinski definition) is 0. The van der Waals surface area contributed by atoms with Gasteiger partial charge in [-0.2, -0.15) is 0 Å². The van der Waals surface area contributed by atoms with E-state index in [0.29, 0.717) is 11.8 Å². The highest BCUT2D eigenvalue weighted by atomic mass is 16.1. The van der Waals surface area contributed by atoms with Gasteiger partial charge in [-0.15, -0.1) is 0 Å². The first-order chi connectivity index (χ1) is 5.20. The van der Waals surface area contributed by atoms with Crippen LogP contribution in [0.1, 0.15) is 13.3 Å². The van der Waals surface area contributed by atoms with E-state index in [1.807, 2.05) is 0 Å². The van der Waals surface area contributed by atoms with Crippen molar-refractivity contribution < 1.29 is 4.79 Å². The van der Waals surface area contributed by atoms with E-state index in [1.54, 1.807) is 6.92 Å². The topological polar surface area (TPSA) is 17.1 Å². The summed E-state index contributed by atoms with van der Waals surface area (Å²) in [5, 5.41) is 0. The van der Waals surface area contributed by atoms with Gasteiger partial charge in [0.05, 0.1) is 0 Å². The SMILES string of the molecule is C=C1[C@@H](C(C)=O)[C@H]2C=C[C@@H]1C2. The van der Waals surface area contributed by atoms with Gasteiger partial charge in [-0.3, -0.25) is 4.79 Å². The van der Waals surface area contributed by atoms with Gasteiger partial charge in [0.15, 0.2) is 0 Å². The summed E-state index contributed by atoms with van der Waals surface area (Å²) in [6.07, 6.45) is 5.49. The Bertz CT molecular complexity index is 250. The van der Waals surface area contributed by atoms with E-state index in [0.717, 1.165) is 12.0 Å². The summed E-state index contributed by atoms with van der Waals surface area (Å²) in [7, 11) is 0. The minimum Gasteiger partial charge on any atom is -0.299 e. The van der Waals surface area contributed by atoms with Crippen molar-refractivity contribution in [3.05, 3.63) is 24.3 Å². The maximum absolute atomic E-state index is 11.2. The number of carbonyl (C=O) groups is 1. The van der Waals surface area contributed by atoms with Crippen molar-refractivity contribution in [1.82, 2.24) is 0 Å². The highest BCUT2D eigenvalue weighted by molar-refractivity contribution is 5.83. The van der Waals surface area contributed by atoms with Crippen LogP contribution in [-0.2, 0) is 4.79 Å². The molecule has 58 valence electrons. The van der Waals surface area contributed by atoms with Gasteiger partial charge in [0.2, 0.25) is 0 Å². The summed E-state index contributed by atoms with van der Waals surface area (Å²) in [5.41, 5.74) is 1.14. The van der Waals surface area contributed by atoms with Crippen LogP contribution in [-0.4, -0.2) is 5.78 Å². The molecule has 1 nitrogen and oxygen atoms in total. The van der Waals surface area contributed by atoms with Gasteiger partial charge in [-0.05, 0) is 25.2 Å². The van der Waals surface area contributed by atoms with Gasteiger partial charge in [-0.1, -0.05) is 24.3 Å². The third kappa shape index (κ3) is 0.802. The first kappa shape index (κ1) is 6.84. The van der Waals surface area contributed by atoms with Crippen molar-refractivity contribution in [2.75, 3.05) is 0 Å². The van der Waals surface area contributed by atoms with Crippen molar-refractivity contribution in [1.29, 1.82) is 0 Å². The summed E-state index contributed by atoms with van der Waals surface area (Å²) in [4.78, 5) is 11.2. The number of hydrogen-bond acceptors (Lipinski definition) is 1. The van der Waals surface area contributed by atoms with Gasteiger partial charge < -0.3 is 0 Å². The molecule has 1 fully saturated rings. The molecule has 0 amide bonds. The Hall–Kier alpha value is -0.850. The molecular formula is C10H12O. The lowest BCUT2D eigenvalue weighted by atomic mass is 9.87. The molecule has 0 aromatic rings. The number of allylic oxidation sites excluding steroid dienone is 3. The Labute approximate surface area is 66.8 Å². The number of fused-ring (bicyclic) bond motifs is 2. The van der Waals surface area contributed by atoms with Gasteiger partial charge >= 0.3 is 0 Å². The molecule has 11 heavy (non-hydrogen) atoms. The van der Waals surface area contributed by atoms with Crippen LogP contribution in [0.25, 0.3) is 0 Å². The summed E-state index contributed by atoms with van der Waals surface area (Å²) < 4.78 is 0. The third-order valence-electron chi connectivity index (χ3n) is 2.86. The van der Waals surface area contributed by atoms with Crippen molar-refractivity contribution in [2.24, 2.45) is 17.8 Å². The average molecular weight is 148 g/mol. The second-order valence-electron chi connectivity index (χ2n) is 3.55. The van der Waals surface area contributed by atoms with Crippen molar-refractivity contribution in [3.8, 4) is 0 Å². The molecule has 0 saturated heterocycles. The average Bonchev–Trinajstić information content (AvgIpc) is 2.44. The van der Waals surface area contributed by atoms with Crippen molar-refractivity contribution in [2.45, 2.75) is 13.3 Å². The standard InChI is InChI=1S/C10H12O/c1-6-8-3-4-9(5-8)10(6)7(2)11/h3-4,8-10H,1,5H2,2H3/t8-,9+,10+/m1/s1. The molecule has 2 aliphatic carbocycles. The Morgan fingerprint density at radius 3 is 2.73 bits per heavy atom. The molecule has 0 aromatic heterocycles. The number of rotatable bonds is 1. The van der Waals surface area contributed by atoms with Crippen LogP contribution in [0, 0.1) is 17.8 Å². The quantitative estimate of drug-likeness (QED) is 0.519. The van der Waals surface area contributed by atoms with Crippen LogP contribution in [0.15, 0.2) is 24.3 Å². The number of carbonyl (C=O) groups excluding carboxylic acids is 1. The first-order valence-corrected chi connectivity index (χ1v) is 4.07. The summed E-state index contributed by atoms with van der Waals surface area (Å²) in [6, 6.07) is 0. The lowest BCUT2D eigenvalue weighted by Gasteiger charge is -2.16. The van der Waals surface area contributed by atoms with Crippen molar-refractivity contribution in [3.63, 3.8) is 0 Å². The summed E-state index contributed by atoms with van der Waals surface area (Å²) in [6.45, 7) is 5.64. The van der Waals surface area contributed by atoms with E-state index in [4.69, 9.17) is 0 Å². The highest BCUT2D eigenvalue weighted by Crippen LogP contribution is 2.46. The molecule has 2 bridgehead atoms. The lowest BCUT2D eigenvalue weighted by Crippen LogP contribution is -2.17. The van der Waals surface area contributed by atoms with Crippen LogP contribution in [0.2, 0.25) is 0 Å². The fourth-order valence-electron chi connectivity index (χ4n) is 2.32. The second kappa shape index (κ2) is 2.07. The fourth-order valence-corrected chi connectivity index (χ4v) is 2.32. The van der Waals surface area contributed by atoms with Gasteiger partial charge in [0.25, 0.3) is 0 Å². The predicted octanol–water partition coefficient (Wildman–Crippen LogP) is 1.95. The predicted molar refractivity (Wildman–Crippen MR) is 44.0 cm³/mol.